The average molecular weight is 287 g/mol. The zero-order valence-corrected chi connectivity index (χ0v) is 9.97. The lowest BCUT2D eigenvalue weighted by molar-refractivity contribution is 0.632. The highest BCUT2D eigenvalue weighted by molar-refractivity contribution is 9.10. The summed E-state index contributed by atoms with van der Waals surface area (Å²) in [6.07, 6.45) is 0. The van der Waals surface area contributed by atoms with Crippen molar-refractivity contribution in [2.45, 2.75) is 6.54 Å². The number of H-pyrrole nitrogens is 1. The quantitative estimate of drug-likeness (QED) is 0.908. The molecule has 78 valence electrons. The first-order valence-corrected chi connectivity index (χ1v) is 5.86. The second-order valence-corrected chi connectivity index (χ2v) is 4.78. The van der Waals surface area contributed by atoms with Crippen molar-refractivity contribution in [1.82, 2.24) is 9.78 Å². The Balaban J connectivity index is 2.40. The zero-order valence-electron chi connectivity index (χ0n) is 7.57. The van der Waals surface area contributed by atoms with E-state index < -0.39 is 0 Å². The zero-order chi connectivity index (χ0) is 10.8. The number of rotatable bonds is 2. The Kier molecular flexibility index (Phi) is 2.88. The van der Waals surface area contributed by atoms with Gasteiger partial charge in [0.25, 0.3) is 11.1 Å². The third kappa shape index (κ3) is 2.27. The first kappa shape index (κ1) is 10.4. The highest BCUT2D eigenvalue weighted by Crippen LogP contribution is 2.22. The van der Waals surface area contributed by atoms with Crippen LogP contribution in [0.25, 0.3) is 0 Å². The van der Waals surface area contributed by atoms with E-state index in [2.05, 4.69) is 21.0 Å². The molecule has 0 aliphatic carbocycles. The van der Waals surface area contributed by atoms with E-state index in [0.29, 0.717) is 6.54 Å². The van der Waals surface area contributed by atoms with E-state index in [9.17, 15) is 9.59 Å². The molecule has 0 amide bonds. The number of halogens is 1. The van der Waals surface area contributed by atoms with Crippen LogP contribution in [0.15, 0.2) is 37.6 Å². The van der Waals surface area contributed by atoms with Crippen molar-refractivity contribution in [3.05, 3.63) is 53.6 Å². The van der Waals surface area contributed by atoms with Crippen LogP contribution in [0.1, 0.15) is 4.88 Å². The van der Waals surface area contributed by atoms with Crippen LogP contribution < -0.4 is 11.1 Å². The molecule has 0 spiro atoms. The van der Waals surface area contributed by atoms with Crippen molar-refractivity contribution < 1.29 is 0 Å². The van der Waals surface area contributed by atoms with E-state index in [1.807, 2.05) is 11.4 Å². The molecule has 1 N–H and O–H groups in total. The number of nitrogens with one attached hydrogen (secondary N) is 1. The first-order chi connectivity index (χ1) is 7.16. The van der Waals surface area contributed by atoms with Gasteiger partial charge in [-0.2, -0.15) is 0 Å². The summed E-state index contributed by atoms with van der Waals surface area (Å²) in [5.41, 5.74) is -0.489. The van der Waals surface area contributed by atoms with Crippen LogP contribution in [0.2, 0.25) is 0 Å². The van der Waals surface area contributed by atoms with Crippen molar-refractivity contribution in [2.24, 2.45) is 0 Å². The number of thiophene rings is 1. The Morgan fingerprint density at radius 2 is 2.13 bits per heavy atom. The van der Waals surface area contributed by atoms with Gasteiger partial charge in [-0.15, -0.1) is 11.3 Å². The minimum Gasteiger partial charge on any atom is -0.268 e. The number of hydrogen-bond acceptors (Lipinski definition) is 3. The lowest BCUT2D eigenvalue weighted by Crippen LogP contribution is -2.28. The molecule has 15 heavy (non-hydrogen) atoms. The SMILES string of the molecule is O=c1ccc(=O)n(Cc2sccc2Br)[nH]1. The molecule has 0 atom stereocenters. The Morgan fingerprint density at radius 3 is 2.80 bits per heavy atom. The van der Waals surface area contributed by atoms with Gasteiger partial charge < -0.3 is 0 Å². The Morgan fingerprint density at radius 1 is 1.33 bits per heavy atom. The van der Waals surface area contributed by atoms with Crippen molar-refractivity contribution in [2.75, 3.05) is 0 Å². The van der Waals surface area contributed by atoms with Gasteiger partial charge in [0.2, 0.25) is 0 Å². The summed E-state index contributed by atoms with van der Waals surface area (Å²) in [5, 5.41) is 4.40. The Hall–Kier alpha value is -1.14. The van der Waals surface area contributed by atoms with E-state index in [1.165, 1.54) is 28.2 Å². The normalized spacial score (nSPS) is 10.5. The lowest BCUT2D eigenvalue weighted by Gasteiger charge is -2.02. The van der Waals surface area contributed by atoms with Gasteiger partial charge in [0.15, 0.2) is 0 Å². The van der Waals surface area contributed by atoms with Crippen molar-refractivity contribution in [1.29, 1.82) is 0 Å². The summed E-state index contributed by atoms with van der Waals surface area (Å²) in [6.45, 7) is 0.382. The van der Waals surface area contributed by atoms with E-state index >= 15 is 0 Å². The molecular formula is C9H7BrN2O2S. The molecule has 0 bridgehead atoms. The monoisotopic (exact) mass is 286 g/mol. The second-order valence-electron chi connectivity index (χ2n) is 2.93. The lowest BCUT2D eigenvalue weighted by atomic mass is 10.4. The standard InChI is InChI=1S/C9H7BrN2O2S/c10-6-3-4-15-7(6)5-12-9(14)2-1-8(13)11-12/h1-4H,5H2,(H,11,13). The van der Waals surface area contributed by atoms with Crippen molar-refractivity contribution in [3.63, 3.8) is 0 Å². The number of aromatic amines is 1. The van der Waals surface area contributed by atoms with Crippen LogP contribution in [-0.2, 0) is 6.54 Å². The topological polar surface area (TPSA) is 54.9 Å². The van der Waals surface area contributed by atoms with Gasteiger partial charge in [-0.05, 0) is 27.4 Å². The molecule has 2 aromatic heterocycles. The second kappa shape index (κ2) is 4.16. The van der Waals surface area contributed by atoms with Crippen molar-refractivity contribution >= 4 is 27.3 Å². The Bertz CT molecular complexity index is 584. The van der Waals surface area contributed by atoms with Gasteiger partial charge in [0.05, 0.1) is 6.54 Å². The summed E-state index contributed by atoms with van der Waals surface area (Å²) in [7, 11) is 0. The van der Waals surface area contributed by atoms with Gasteiger partial charge in [0.1, 0.15) is 0 Å². The molecule has 0 radical (unpaired) electrons. The molecule has 0 saturated carbocycles. The van der Waals surface area contributed by atoms with Gasteiger partial charge in [0, 0.05) is 21.5 Å². The summed E-state index contributed by atoms with van der Waals surface area (Å²) in [5.74, 6) is 0. The van der Waals surface area contributed by atoms with Crippen LogP contribution in [0.5, 0.6) is 0 Å². The number of hydrogen-bond donors (Lipinski definition) is 1. The summed E-state index contributed by atoms with van der Waals surface area (Å²) in [6, 6.07) is 4.40. The van der Waals surface area contributed by atoms with Crippen LogP contribution in [0.3, 0.4) is 0 Å². The minimum absolute atomic E-state index is 0.213. The fraction of sp³-hybridized carbons (Fsp3) is 0.111. The maximum Gasteiger partial charge on any atom is 0.265 e. The molecule has 2 aromatic rings. The van der Waals surface area contributed by atoms with Crippen LogP contribution in [0.4, 0.5) is 0 Å². The third-order valence-corrected chi connectivity index (χ3v) is 3.79. The summed E-state index contributed by atoms with van der Waals surface area (Å²) in [4.78, 5) is 23.4. The van der Waals surface area contributed by atoms with Gasteiger partial charge >= 0.3 is 0 Å². The first-order valence-electron chi connectivity index (χ1n) is 4.19. The molecule has 0 aliphatic heterocycles. The van der Waals surface area contributed by atoms with Crippen LogP contribution in [-0.4, -0.2) is 9.78 Å². The molecule has 0 aromatic carbocycles. The van der Waals surface area contributed by atoms with Crippen LogP contribution in [0, 0.1) is 0 Å². The van der Waals surface area contributed by atoms with E-state index in [-0.39, 0.29) is 11.1 Å². The highest BCUT2D eigenvalue weighted by Gasteiger charge is 2.03. The molecular weight excluding hydrogens is 280 g/mol. The van der Waals surface area contributed by atoms with Gasteiger partial charge in [-0.1, -0.05) is 0 Å². The highest BCUT2D eigenvalue weighted by atomic mass is 79.9. The molecule has 6 heteroatoms. The molecule has 2 rings (SSSR count). The predicted molar refractivity (Wildman–Crippen MR) is 62.4 cm³/mol. The maximum absolute atomic E-state index is 11.4. The molecule has 0 fully saturated rings. The maximum atomic E-state index is 11.4. The largest absolute Gasteiger partial charge is 0.268 e. The molecule has 0 unspecified atom stereocenters. The number of nitrogens with zero attached hydrogens (tertiary/aromatic N) is 1. The summed E-state index contributed by atoms with van der Waals surface area (Å²) >= 11 is 4.90. The van der Waals surface area contributed by atoms with Gasteiger partial charge in [-0.3, -0.25) is 14.7 Å². The molecule has 0 saturated heterocycles. The molecule has 2 heterocycles. The third-order valence-electron chi connectivity index (χ3n) is 1.88. The molecule has 4 nitrogen and oxygen atoms in total. The summed E-state index contributed by atoms with van der Waals surface area (Å²) < 4.78 is 2.24. The molecule has 0 aliphatic rings. The van der Waals surface area contributed by atoms with E-state index in [4.69, 9.17) is 0 Å². The van der Waals surface area contributed by atoms with Crippen LogP contribution >= 0.6 is 27.3 Å². The predicted octanol–water partition coefficient (Wildman–Crippen LogP) is 1.41. The fourth-order valence-corrected chi connectivity index (χ4v) is 2.63. The van der Waals surface area contributed by atoms with Crippen molar-refractivity contribution in [3.8, 4) is 0 Å². The van der Waals surface area contributed by atoms with Gasteiger partial charge in [-0.25, -0.2) is 4.68 Å². The Labute approximate surface area is 97.3 Å². The van der Waals surface area contributed by atoms with E-state index in [0.717, 1.165) is 9.35 Å². The fourth-order valence-electron chi connectivity index (χ4n) is 1.16. The average Bonchev–Trinajstić information content (AvgIpc) is 2.58. The van der Waals surface area contributed by atoms with E-state index in [1.54, 1.807) is 0 Å². The smallest absolute Gasteiger partial charge is 0.265 e. The minimum atomic E-state index is -0.276. The number of aromatic nitrogens is 2.